The van der Waals surface area contributed by atoms with Crippen LogP contribution in [0.3, 0.4) is 0 Å². The summed E-state index contributed by atoms with van der Waals surface area (Å²) in [6, 6.07) is 17.7. The number of ether oxygens (including phenoxy) is 3. The Morgan fingerprint density at radius 1 is 0.979 bits per heavy atom. The highest BCUT2D eigenvalue weighted by Gasteiger charge is 2.36. The number of fused-ring (bicyclic) bond motifs is 1. The lowest BCUT2D eigenvalue weighted by Gasteiger charge is -2.34. The van der Waals surface area contributed by atoms with Crippen molar-refractivity contribution in [1.82, 2.24) is 19.8 Å². The fraction of sp³-hybridized carbons (Fsp3) is 0.444. The summed E-state index contributed by atoms with van der Waals surface area (Å²) in [5.74, 6) is 4.28. The Hall–Kier alpha value is -3.74. The first-order valence-corrected chi connectivity index (χ1v) is 18.8. The second-order valence-electron chi connectivity index (χ2n) is 12.1. The number of likely N-dealkylation sites (N-methyl/N-ethyl adjacent to an activating group) is 1. The zero-order chi connectivity index (χ0) is 33.6. The number of amides is 1. The molecule has 1 aromatic heterocycles. The fourth-order valence-electron chi connectivity index (χ4n) is 6.38. The summed E-state index contributed by atoms with van der Waals surface area (Å²) >= 11 is 3.83. The summed E-state index contributed by atoms with van der Waals surface area (Å²) in [6.45, 7) is 9.19. The van der Waals surface area contributed by atoms with E-state index >= 15 is 0 Å². The molecule has 0 aliphatic carbocycles. The lowest BCUT2D eigenvalue weighted by molar-refractivity contribution is 0.0746. The molecule has 4 aromatic rings. The number of nitrogens with two attached hydrogens (primary N) is 1. The number of hydrogen-bond acceptors (Lipinski definition) is 10. The number of benzene rings is 3. The number of likely N-dealkylation sites (tertiary alicyclic amines) is 1. The zero-order valence-corrected chi connectivity index (χ0v) is 29.9. The Labute approximate surface area is 291 Å². The number of hydrogen-bond donors (Lipinski definition) is 2. The summed E-state index contributed by atoms with van der Waals surface area (Å²) in [5, 5.41) is 0. The standard InChI is InChI=1S/C36H46N6O4S2/c1-5-47-36(48-6-2)31-8-7-15-42(31)35(43)27-21-32(44-4)33(22-28(27)37)46-23-45-26-12-9-24(10-13-26)34-38-29-14-11-25(20-30(29)39-34)41-18-16-40(3)17-19-41/h9-14,20-22,31,36H,5-8,15-19,23,37H2,1-4H3,(H,38,39)/t31-/m0/s1. The van der Waals surface area contributed by atoms with E-state index in [-0.39, 0.29) is 18.7 Å². The van der Waals surface area contributed by atoms with Gasteiger partial charge in [-0.15, -0.1) is 23.5 Å². The van der Waals surface area contributed by atoms with Crippen LogP contribution in [0.5, 0.6) is 17.2 Å². The van der Waals surface area contributed by atoms with Gasteiger partial charge in [0.25, 0.3) is 5.91 Å². The van der Waals surface area contributed by atoms with Crippen LogP contribution in [0.1, 0.15) is 37.0 Å². The highest BCUT2D eigenvalue weighted by molar-refractivity contribution is 8.17. The summed E-state index contributed by atoms with van der Waals surface area (Å²) < 4.78 is 17.8. The van der Waals surface area contributed by atoms with Gasteiger partial charge in [-0.2, -0.15) is 0 Å². The number of carbonyl (C=O) groups is 1. The number of nitrogen functional groups attached to an aromatic ring is 1. The van der Waals surface area contributed by atoms with Crippen LogP contribution in [0.15, 0.2) is 54.6 Å². The van der Waals surface area contributed by atoms with Crippen LogP contribution in [0, 0.1) is 0 Å². The number of thioether (sulfide) groups is 2. The molecule has 0 saturated carbocycles. The van der Waals surface area contributed by atoms with Gasteiger partial charge in [0.2, 0.25) is 6.79 Å². The Morgan fingerprint density at radius 3 is 2.44 bits per heavy atom. The Balaban J connectivity index is 1.08. The Kier molecular flexibility index (Phi) is 11.1. The minimum atomic E-state index is -0.0606. The van der Waals surface area contributed by atoms with Gasteiger partial charge in [-0.25, -0.2) is 4.98 Å². The Morgan fingerprint density at radius 2 is 1.73 bits per heavy atom. The number of imidazole rings is 1. The van der Waals surface area contributed by atoms with Crippen LogP contribution < -0.4 is 24.8 Å². The monoisotopic (exact) mass is 690 g/mol. The molecule has 10 nitrogen and oxygen atoms in total. The molecule has 2 aliphatic heterocycles. The molecule has 48 heavy (non-hydrogen) atoms. The molecule has 6 rings (SSSR count). The maximum absolute atomic E-state index is 13.7. The van der Waals surface area contributed by atoms with Gasteiger partial charge in [-0.1, -0.05) is 13.8 Å². The van der Waals surface area contributed by atoms with Crippen molar-refractivity contribution in [3.8, 4) is 28.6 Å². The second-order valence-corrected chi connectivity index (χ2v) is 15.2. The van der Waals surface area contributed by atoms with E-state index in [1.54, 1.807) is 19.2 Å². The number of methoxy groups -OCH3 is 1. The number of rotatable bonds is 13. The van der Waals surface area contributed by atoms with Gasteiger partial charge in [0.15, 0.2) is 11.5 Å². The van der Waals surface area contributed by atoms with Gasteiger partial charge >= 0.3 is 0 Å². The molecular formula is C36H46N6O4S2. The minimum Gasteiger partial charge on any atom is -0.493 e. The first-order chi connectivity index (χ1) is 23.4. The molecule has 0 radical (unpaired) electrons. The molecule has 256 valence electrons. The first kappa shape index (κ1) is 34.1. The van der Waals surface area contributed by atoms with Crippen LogP contribution in [0.25, 0.3) is 22.4 Å². The van der Waals surface area contributed by atoms with Crippen molar-refractivity contribution in [2.75, 3.05) is 75.8 Å². The van der Waals surface area contributed by atoms with Crippen molar-refractivity contribution in [3.05, 3.63) is 60.2 Å². The molecule has 3 N–H and O–H groups in total. The van der Waals surface area contributed by atoms with E-state index < -0.39 is 0 Å². The lowest BCUT2D eigenvalue weighted by Crippen LogP contribution is -2.44. The number of anilines is 2. The molecular weight excluding hydrogens is 645 g/mol. The number of H-pyrrole nitrogens is 1. The Bertz CT molecular complexity index is 1690. The second kappa shape index (κ2) is 15.7. The van der Waals surface area contributed by atoms with E-state index in [4.69, 9.17) is 24.9 Å². The number of aromatic amines is 1. The summed E-state index contributed by atoms with van der Waals surface area (Å²) in [5.41, 5.74) is 11.4. The van der Waals surface area contributed by atoms with E-state index in [0.29, 0.717) is 33.1 Å². The van der Waals surface area contributed by atoms with Gasteiger partial charge in [0.1, 0.15) is 11.6 Å². The van der Waals surface area contributed by atoms with Crippen molar-refractivity contribution in [2.24, 2.45) is 0 Å². The van der Waals surface area contributed by atoms with Gasteiger partial charge < -0.3 is 39.6 Å². The van der Waals surface area contributed by atoms with E-state index in [1.165, 1.54) is 5.69 Å². The molecule has 0 unspecified atom stereocenters. The number of nitrogens with zero attached hydrogens (tertiary/aromatic N) is 4. The van der Waals surface area contributed by atoms with Crippen molar-refractivity contribution in [1.29, 1.82) is 0 Å². The van der Waals surface area contributed by atoms with Crippen molar-refractivity contribution >= 4 is 51.8 Å². The molecule has 1 amide bonds. The normalized spacial score (nSPS) is 17.0. The highest BCUT2D eigenvalue weighted by atomic mass is 32.2. The molecule has 2 fully saturated rings. The molecule has 3 heterocycles. The van der Waals surface area contributed by atoms with Crippen molar-refractivity contribution in [2.45, 2.75) is 37.3 Å². The summed E-state index contributed by atoms with van der Waals surface area (Å²) in [6.07, 6.45) is 2.00. The minimum absolute atomic E-state index is 0.0551. The fourth-order valence-corrected chi connectivity index (χ4v) is 9.25. The number of carbonyl (C=O) groups excluding carboxylic acids is 1. The van der Waals surface area contributed by atoms with Gasteiger partial charge in [-0.3, -0.25) is 4.79 Å². The molecule has 0 spiro atoms. The zero-order valence-electron chi connectivity index (χ0n) is 28.2. The number of piperazine rings is 1. The number of aromatic nitrogens is 2. The van der Waals surface area contributed by atoms with Gasteiger partial charge in [0, 0.05) is 55.7 Å². The van der Waals surface area contributed by atoms with E-state index in [2.05, 4.69) is 53.9 Å². The average molecular weight is 691 g/mol. The van der Waals surface area contributed by atoms with Crippen LogP contribution in [-0.2, 0) is 0 Å². The van der Waals surface area contributed by atoms with Crippen LogP contribution in [0.4, 0.5) is 11.4 Å². The predicted molar refractivity (Wildman–Crippen MR) is 199 cm³/mol. The molecule has 1 atom stereocenters. The SMILES string of the molecule is CCSC(SCC)[C@@H]1CCCN1C(=O)c1cc(OC)c(OCOc2ccc(-c3nc4ccc(N5CCN(C)CC5)cc4[nH]3)cc2)cc1N. The molecule has 0 bridgehead atoms. The van der Waals surface area contributed by atoms with E-state index in [0.717, 1.165) is 79.5 Å². The third-order valence-corrected chi connectivity index (χ3v) is 11.8. The van der Waals surface area contributed by atoms with Crippen LogP contribution in [-0.4, -0.2) is 101 Å². The molecule has 2 saturated heterocycles. The summed E-state index contributed by atoms with van der Waals surface area (Å²) in [4.78, 5) is 28.8. The third-order valence-electron chi connectivity index (χ3n) is 9.00. The lowest BCUT2D eigenvalue weighted by atomic mass is 10.1. The quantitative estimate of drug-likeness (QED) is 0.120. The molecule has 3 aromatic carbocycles. The number of nitrogens with one attached hydrogen (secondary N) is 1. The first-order valence-electron chi connectivity index (χ1n) is 16.7. The van der Waals surface area contributed by atoms with Gasteiger partial charge in [-0.05, 0) is 79.9 Å². The predicted octanol–water partition coefficient (Wildman–Crippen LogP) is 6.42. The largest absolute Gasteiger partial charge is 0.493 e. The smallest absolute Gasteiger partial charge is 0.256 e. The van der Waals surface area contributed by atoms with Crippen LogP contribution >= 0.6 is 23.5 Å². The molecule has 12 heteroatoms. The van der Waals surface area contributed by atoms with Crippen molar-refractivity contribution < 1.29 is 19.0 Å². The van der Waals surface area contributed by atoms with E-state index in [1.807, 2.05) is 52.7 Å². The topological polar surface area (TPSA) is 109 Å². The molecule has 2 aliphatic rings. The maximum Gasteiger partial charge on any atom is 0.256 e. The summed E-state index contributed by atoms with van der Waals surface area (Å²) in [7, 11) is 3.72. The van der Waals surface area contributed by atoms with Gasteiger partial charge in [0.05, 0.1) is 34.3 Å². The third kappa shape index (κ3) is 7.61. The highest BCUT2D eigenvalue weighted by Crippen LogP contribution is 2.38. The van der Waals surface area contributed by atoms with E-state index in [9.17, 15) is 4.79 Å². The maximum atomic E-state index is 13.7. The van der Waals surface area contributed by atoms with Crippen LogP contribution in [0.2, 0.25) is 0 Å². The average Bonchev–Trinajstić information content (AvgIpc) is 3.76. The van der Waals surface area contributed by atoms with Crippen molar-refractivity contribution in [3.63, 3.8) is 0 Å².